The molecular weight excluding hydrogens is 678 g/mol. The van der Waals surface area contributed by atoms with E-state index >= 15 is 0 Å². The molecule has 1 atom stereocenters. The van der Waals surface area contributed by atoms with Crippen LogP contribution in [0.5, 0.6) is 11.5 Å². The van der Waals surface area contributed by atoms with Crippen molar-refractivity contribution in [1.82, 2.24) is 10.2 Å². The smallest absolute Gasteiger partial charge is 0.264 e. The molecule has 0 saturated heterocycles. The number of nitrogens with zero attached hydrogens (tertiary/aromatic N) is 2. The second kappa shape index (κ2) is 15.6. The number of para-hydroxylation sites is 1. The van der Waals surface area contributed by atoms with E-state index in [0.29, 0.717) is 11.5 Å². The van der Waals surface area contributed by atoms with Crippen LogP contribution in [-0.4, -0.2) is 44.8 Å². The van der Waals surface area contributed by atoms with Gasteiger partial charge >= 0.3 is 0 Å². The van der Waals surface area contributed by atoms with Gasteiger partial charge in [0.25, 0.3) is 10.0 Å². The van der Waals surface area contributed by atoms with Crippen molar-refractivity contribution in [2.24, 2.45) is 0 Å². The number of rotatable bonds is 13. The third kappa shape index (κ3) is 8.66. The highest BCUT2D eigenvalue weighted by molar-refractivity contribution is 9.10. The Kier molecular flexibility index (Phi) is 11.1. The predicted octanol–water partition coefficient (Wildman–Crippen LogP) is 6.82. The van der Waals surface area contributed by atoms with Crippen LogP contribution in [0.25, 0.3) is 0 Å². The van der Waals surface area contributed by atoms with Crippen molar-refractivity contribution in [3.63, 3.8) is 0 Å². The normalized spacial score (nSPS) is 11.7. The fourth-order valence-electron chi connectivity index (χ4n) is 5.11. The Labute approximate surface area is 283 Å². The fourth-order valence-corrected chi connectivity index (χ4v) is 6.99. The van der Waals surface area contributed by atoms with E-state index in [2.05, 4.69) is 21.2 Å². The molecule has 1 N–H and O–H groups in total. The Hall–Kier alpha value is -4.93. The van der Waals surface area contributed by atoms with E-state index in [1.807, 2.05) is 84.9 Å². The van der Waals surface area contributed by atoms with Crippen LogP contribution in [0.1, 0.15) is 11.1 Å². The van der Waals surface area contributed by atoms with E-state index in [9.17, 15) is 18.0 Å². The Morgan fingerprint density at radius 3 is 1.94 bits per heavy atom. The molecule has 5 rings (SSSR count). The monoisotopic (exact) mass is 711 g/mol. The number of anilines is 1. The molecule has 0 aliphatic heterocycles. The molecule has 5 aromatic rings. The number of likely N-dealkylation sites (N-methyl/N-ethyl adjacent to an activating group) is 1. The average molecular weight is 713 g/mol. The summed E-state index contributed by atoms with van der Waals surface area (Å²) < 4.78 is 36.1. The molecule has 0 unspecified atom stereocenters. The Balaban J connectivity index is 1.53. The molecule has 8 nitrogen and oxygen atoms in total. The number of hydrogen-bond acceptors (Lipinski definition) is 5. The lowest BCUT2D eigenvalue weighted by Gasteiger charge is -2.33. The summed E-state index contributed by atoms with van der Waals surface area (Å²) in [6.45, 7) is -0.474. The van der Waals surface area contributed by atoms with E-state index in [1.54, 1.807) is 42.5 Å². The number of hydrogen-bond donors (Lipinski definition) is 1. The third-order valence-corrected chi connectivity index (χ3v) is 9.75. The summed E-state index contributed by atoms with van der Waals surface area (Å²) in [5.74, 6) is 0.226. The minimum atomic E-state index is -4.21. The maximum Gasteiger partial charge on any atom is 0.264 e. The van der Waals surface area contributed by atoms with Gasteiger partial charge in [0.05, 0.1) is 10.6 Å². The van der Waals surface area contributed by atoms with Crippen LogP contribution in [0, 0.1) is 0 Å². The standard InChI is InChI=1S/C37H34BrN3O5S/c1-39-37(43)35(25-28-12-5-2-6-13-28)40(26-29-14-11-15-30(38)24-29)36(42)27-41(47(44,45)34-18-9-4-10-19-34)31-20-22-33(23-21-31)46-32-16-7-3-8-17-32/h2-24,35H,25-27H2,1H3,(H,39,43)/t35-/m0/s1. The summed E-state index contributed by atoms with van der Waals surface area (Å²) in [6, 6.07) is 39.6. The summed E-state index contributed by atoms with van der Waals surface area (Å²) in [5, 5.41) is 2.70. The molecule has 0 saturated carbocycles. The highest BCUT2D eigenvalue weighted by Gasteiger charge is 2.34. The lowest BCUT2D eigenvalue weighted by Crippen LogP contribution is -2.53. The van der Waals surface area contributed by atoms with E-state index < -0.39 is 28.5 Å². The highest BCUT2D eigenvalue weighted by Crippen LogP contribution is 2.29. The number of carbonyl (C=O) groups is 2. The van der Waals surface area contributed by atoms with Gasteiger partial charge in [-0.3, -0.25) is 13.9 Å². The molecule has 0 bridgehead atoms. The molecule has 0 aliphatic carbocycles. The molecule has 0 spiro atoms. The van der Waals surface area contributed by atoms with Gasteiger partial charge < -0.3 is 15.0 Å². The molecular formula is C37H34BrN3O5S. The van der Waals surface area contributed by atoms with E-state index in [-0.39, 0.29) is 29.5 Å². The van der Waals surface area contributed by atoms with Gasteiger partial charge in [-0.25, -0.2) is 8.42 Å². The van der Waals surface area contributed by atoms with Gasteiger partial charge in [0.1, 0.15) is 24.1 Å². The SMILES string of the molecule is CNC(=O)[C@H](Cc1ccccc1)N(Cc1cccc(Br)c1)C(=O)CN(c1ccc(Oc2ccccc2)cc1)S(=O)(=O)c1ccccc1. The molecule has 0 heterocycles. The molecule has 5 aromatic carbocycles. The van der Waals surface area contributed by atoms with Crippen LogP contribution in [0.4, 0.5) is 5.69 Å². The van der Waals surface area contributed by atoms with Gasteiger partial charge in [-0.1, -0.05) is 94.8 Å². The second-order valence-corrected chi connectivity index (χ2v) is 13.5. The first-order chi connectivity index (χ1) is 22.7. The zero-order valence-electron chi connectivity index (χ0n) is 25.7. The minimum Gasteiger partial charge on any atom is -0.457 e. The zero-order chi connectivity index (χ0) is 33.2. The Morgan fingerprint density at radius 1 is 0.745 bits per heavy atom. The predicted molar refractivity (Wildman–Crippen MR) is 187 cm³/mol. The van der Waals surface area contributed by atoms with Gasteiger partial charge in [-0.15, -0.1) is 0 Å². The molecule has 240 valence electrons. The number of halogens is 1. The quantitative estimate of drug-likeness (QED) is 0.145. The van der Waals surface area contributed by atoms with Gasteiger partial charge in [-0.05, 0) is 71.8 Å². The van der Waals surface area contributed by atoms with Crippen LogP contribution in [0.15, 0.2) is 149 Å². The zero-order valence-corrected chi connectivity index (χ0v) is 28.1. The maximum atomic E-state index is 14.5. The first-order valence-electron chi connectivity index (χ1n) is 14.9. The molecule has 0 aliphatic rings. The third-order valence-electron chi connectivity index (χ3n) is 7.47. The van der Waals surface area contributed by atoms with E-state index in [4.69, 9.17) is 4.74 Å². The van der Waals surface area contributed by atoms with Crippen molar-refractivity contribution in [2.75, 3.05) is 17.9 Å². The van der Waals surface area contributed by atoms with E-state index in [0.717, 1.165) is 19.9 Å². The summed E-state index contributed by atoms with van der Waals surface area (Å²) in [6.07, 6.45) is 0.233. The molecule has 0 fully saturated rings. The Morgan fingerprint density at radius 2 is 1.32 bits per heavy atom. The van der Waals surface area contributed by atoms with Gasteiger partial charge in [0.2, 0.25) is 11.8 Å². The number of benzene rings is 5. The summed E-state index contributed by atoms with van der Waals surface area (Å²) >= 11 is 3.49. The van der Waals surface area contributed by atoms with Crippen molar-refractivity contribution in [2.45, 2.75) is 23.9 Å². The van der Waals surface area contributed by atoms with Crippen molar-refractivity contribution >= 4 is 43.5 Å². The molecule has 47 heavy (non-hydrogen) atoms. The number of nitrogens with one attached hydrogen (secondary N) is 1. The fraction of sp³-hybridized carbons (Fsp3) is 0.135. The average Bonchev–Trinajstić information content (AvgIpc) is 3.10. The topological polar surface area (TPSA) is 96.0 Å². The molecule has 10 heteroatoms. The summed E-state index contributed by atoms with van der Waals surface area (Å²) in [5.41, 5.74) is 1.90. The van der Waals surface area contributed by atoms with Crippen LogP contribution in [0.2, 0.25) is 0 Å². The first-order valence-corrected chi connectivity index (χ1v) is 17.2. The number of sulfonamides is 1. The van der Waals surface area contributed by atoms with Crippen molar-refractivity contribution in [1.29, 1.82) is 0 Å². The summed E-state index contributed by atoms with van der Waals surface area (Å²) in [4.78, 5) is 29.4. The van der Waals surface area contributed by atoms with Crippen LogP contribution in [0.3, 0.4) is 0 Å². The summed E-state index contributed by atoms with van der Waals surface area (Å²) in [7, 11) is -2.69. The minimum absolute atomic E-state index is 0.0306. The van der Waals surface area contributed by atoms with Gasteiger partial charge in [-0.2, -0.15) is 0 Å². The highest BCUT2D eigenvalue weighted by atomic mass is 79.9. The molecule has 0 radical (unpaired) electrons. The maximum absolute atomic E-state index is 14.5. The van der Waals surface area contributed by atoms with Crippen molar-refractivity contribution < 1.29 is 22.7 Å². The number of carbonyl (C=O) groups excluding carboxylic acids is 2. The largest absolute Gasteiger partial charge is 0.457 e. The van der Waals surface area contributed by atoms with Crippen molar-refractivity contribution in [3.8, 4) is 11.5 Å². The molecule has 2 amide bonds. The van der Waals surface area contributed by atoms with Crippen LogP contribution < -0.4 is 14.4 Å². The Bertz CT molecular complexity index is 1890. The van der Waals surface area contributed by atoms with Gasteiger partial charge in [0.15, 0.2) is 0 Å². The van der Waals surface area contributed by atoms with Crippen LogP contribution in [-0.2, 0) is 32.6 Å². The number of amides is 2. The van der Waals surface area contributed by atoms with Crippen molar-refractivity contribution in [3.05, 3.63) is 155 Å². The van der Waals surface area contributed by atoms with Crippen LogP contribution >= 0.6 is 15.9 Å². The number of ether oxygens (including phenoxy) is 1. The van der Waals surface area contributed by atoms with Gasteiger partial charge in [0, 0.05) is 24.5 Å². The lowest BCUT2D eigenvalue weighted by atomic mass is 10.0. The second-order valence-electron chi connectivity index (χ2n) is 10.7. The lowest BCUT2D eigenvalue weighted by molar-refractivity contribution is -0.139. The molecule has 0 aromatic heterocycles. The first kappa shape index (κ1) is 33.4. The van der Waals surface area contributed by atoms with E-state index in [1.165, 1.54) is 24.1 Å².